The average molecular weight is 501 g/mol. The van der Waals surface area contributed by atoms with Crippen LogP contribution in [0.2, 0.25) is 0 Å². The number of nitrogens with one attached hydrogen (secondary N) is 1. The predicted octanol–water partition coefficient (Wildman–Crippen LogP) is 5.08. The lowest BCUT2D eigenvalue weighted by Gasteiger charge is -2.27. The molecule has 2 spiro atoms. The Morgan fingerprint density at radius 3 is 2.47 bits per heavy atom. The topological polar surface area (TPSA) is 71.0 Å². The molecule has 6 nitrogen and oxygen atoms in total. The van der Waals surface area contributed by atoms with Crippen LogP contribution in [0.15, 0.2) is 48.9 Å². The second kappa shape index (κ2) is 7.68. The Labute approximate surface area is 202 Å². The molecule has 11 heteroatoms. The van der Waals surface area contributed by atoms with Crippen LogP contribution in [0.25, 0.3) is 11.4 Å². The summed E-state index contributed by atoms with van der Waals surface area (Å²) in [4.78, 5) is 27.5. The van der Waals surface area contributed by atoms with Crippen LogP contribution in [0.1, 0.15) is 41.6 Å². The molecule has 2 aliphatic carbocycles. The lowest BCUT2D eigenvalue weighted by Crippen LogP contribution is -2.41. The van der Waals surface area contributed by atoms with Gasteiger partial charge in [-0.1, -0.05) is 12.1 Å². The first kappa shape index (κ1) is 22.8. The Bertz CT molecular complexity index is 1360. The fraction of sp³-hybridized carbons (Fsp3) is 0.360. The lowest BCUT2D eigenvalue weighted by molar-refractivity contribution is -0.138. The van der Waals surface area contributed by atoms with E-state index in [4.69, 9.17) is 0 Å². The standard InChI is InChI=1S/C25H20F5N5O/c26-16-4-1-3-15(20-31-7-2-8-32-20)19(16)22(36)35-13-23(5-6-23)12-24(35)10-18(24)34-21-17(27)9-14(11-33-21)25(28,29)30/h1-4,7-9,11,18H,5-6,10,12-13H2,(H,33,34)/t18-,24?/m0/s1. The smallest absolute Gasteiger partial charge is 0.362 e. The maximum absolute atomic E-state index is 15.1. The zero-order chi connectivity index (χ0) is 25.3. The van der Waals surface area contributed by atoms with Gasteiger partial charge in [0.2, 0.25) is 0 Å². The van der Waals surface area contributed by atoms with Crippen LogP contribution >= 0.6 is 0 Å². The van der Waals surface area contributed by atoms with E-state index in [1.54, 1.807) is 17.0 Å². The Morgan fingerprint density at radius 2 is 1.81 bits per heavy atom. The minimum Gasteiger partial charge on any atom is -0.362 e. The number of hydrogen-bond acceptors (Lipinski definition) is 5. The van der Waals surface area contributed by atoms with Gasteiger partial charge in [-0.3, -0.25) is 4.79 Å². The van der Waals surface area contributed by atoms with E-state index in [1.165, 1.54) is 24.5 Å². The molecule has 0 bridgehead atoms. The number of amides is 1. The van der Waals surface area contributed by atoms with E-state index in [0.717, 1.165) is 12.8 Å². The molecule has 2 atom stereocenters. The van der Waals surface area contributed by atoms with Crippen molar-refractivity contribution in [2.45, 2.75) is 43.4 Å². The second-order valence-corrected chi connectivity index (χ2v) is 9.86. The lowest BCUT2D eigenvalue weighted by atomic mass is 10.0. The highest BCUT2D eigenvalue weighted by Crippen LogP contribution is 2.65. The molecule has 1 aromatic carbocycles. The van der Waals surface area contributed by atoms with Crippen molar-refractivity contribution in [2.75, 3.05) is 11.9 Å². The largest absolute Gasteiger partial charge is 0.417 e. The number of aromatic nitrogens is 3. The number of pyridine rings is 1. The third kappa shape index (κ3) is 3.68. The summed E-state index contributed by atoms with van der Waals surface area (Å²) in [5.41, 5.74) is -1.83. The molecule has 3 fully saturated rings. The first-order valence-electron chi connectivity index (χ1n) is 11.5. The summed E-state index contributed by atoms with van der Waals surface area (Å²) >= 11 is 0. The molecular weight excluding hydrogens is 481 g/mol. The van der Waals surface area contributed by atoms with Crippen LogP contribution in [0, 0.1) is 17.0 Å². The molecule has 6 rings (SSSR count). The summed E-state index contributed by atoms with van der Waals surface area (Å²) in [7, 11) is 0. The van der Waals surface area contributed by atoms with Crippen molar-refractivity contribution in [1.82, 2.24) is 19.9 Å². The van der Waals surface area contributed by atoms with Crippen LogP contribution in [-0.2, 0) is 6.18 Å². The maximum Gasteiger partial charge on any atom is 0.417 e. The van der Waals surface area contributed by atoms with E-state index in [2.05, 4.69) is 20.3 Å². The van der Waals surface area contributed by atoms with Crippen molar-refractivity contribution in [2.24, 2.45) is 5.41 Å². The Morgan fingerprint density at radius 1 is 1.06 bits per heavy atom. The fourth-order valence-electron chi connectivity index (χ4n) is 5.42. The Balaban J connectivity index is 1.31. The van der Waals surface area contributed by atoms with Gasteiger partial charge < -0.3 is 10.2 Å². The van der Waals surface area contributed by atoms with E-state index in [-0.39, 0.29) is 28.2 Å². The van der Waals surface area contributed by atoms with Crippen molar-refractivity contribution >= 4 is 11.7 Å². The number of likely N-dealkylation sites (tertiary alicyclic amines) is 1. The van der Waals surface area contributed by atoms with E-state index < -0.39 is 40.9 Å². The Hall–Kier alpha value is -3.63. The maximum atomic E-state index is 15.1. The van der Waals surface area contributed by atoms with Crippen LogP contribution in [0.5, 0.6) is 0 Å². The normalized spacial score (nSPS) is 23.8. The molecule has 0 radical (unpaired) electrons. The van der Waals surface area contributed by atoms with Crippen LogP contribution in [0.4, 0.5) is 27.8 Å². The van der Waals surface area contributed by atoms with E-state index in [1.807, 2.05) is 0 Å². The molecular formula is C25H20F5N5O. The molecule has 1 saturated heterocycles. The van der Waals surface area contributed by atoms with Gasteiger partial charge in [0.25, 0.3) is 5.91 Å². The number of benzene rings is 1. The highest BCUT2D eigenvalue weighted by molar-refractivity contribution is 6.01. The quantitative estimate of drug-likeness (QED) is 0.505. The number of alkyl halides is 3. The number of rotatable bonds is 4. The minimum absolute atomic E-state index is 0.0765. The van der Waals surface area contributed by atoms with Gasteiger partial charge in [0.15, 0.2) is 17.5 Å². The van der Waals surface area contributed by atoms with Crippen LogP contribution in [0.3, 0.4) is 0 Å². The van der Waals surface area contributed by atoms with Crippen molar-refractivity contribution < 1.29 is 26.7 Å². The van der Waals surface area contributed by atoms with E-state index in [0.29, 0.717) is 31.6 Å². The fourth-order valence-corrected chi connectivity index (χ4v) is 5.42. The summed E-state index contributed by atoms with van der Waals surface area (Å²) < 4.78 is 68.2. The molecule has 1 N–H and O–H groups in total. The molecule has 1 amide bonds. The predicted molar refractivity (Wildman–Crippen MR) is 119 cm³/mol. The Kier molecular flexibility index (Phi) is 4.87. The zero-order valence-electron chi connectivity index (χ0n) is 18.8. The highest BCUT2D eigenvalue weighted by atomic mass is 19.4. The molecule has 2 aromatic heterocycles. The van der Waals surface area contributed by atoms with Gasteiger partial charge in [-0.25, -0.2) is 23.7 Å². The molecule has 3 aliphatic rings. The molecule has 1 aliphatic heterocycles. The first-order chi connectivity index (χ1) is 17.1. The number of carbonyl (C=O) groups is 1. The van der Waals surface area contributed by atoms with Gasteiger partial charge in [-0.05, 0) is 49.3 Å². The van der Waals surface area contributed by atoms with Gasteiger partial charge >= 0.3 is 6.18 Å². The summed E-state index contributed by atoms with van der Waals surface area (Å²) in [6.07, 6.45) is 1.82. The van der Waals surface area contributed by atoms with Crippen molar-refractivity contribution in [3.8, 4) is 11.4 Å². The van der Waals surface area contributed by atoms with Gasteiger partial charge in [0, 0.05) is 30.7 Å². The average Bonchev–Trinajstić information content (AvgIpc) is 3.72. The molecule has 2 saturated carbocycles. The van der Waals surface area contributed by atoms with E-state index in [9.17, 15) is 22.4 Å². The third-order valence-electron chi connectivity index (χ3n) is 7.47. The zero-order valence-corrected chi connectivity index (χ0v) is 18.8. The number of anilines is 1. The minimum atomic E-state index is -4.71. The van der Waals surface area contributed by atoms with Crippen LogP contribution < -0.4 is 5.32 Å². The molecule has 3 heterocycles. The molecule has 1 unspecified atom stereocenters. The van der Waals surface area contributed by atoms with Crippen LogP contribution in [-0.4, -0.2) is 43.9 Å². The number of halogens is 5. The monoisotopic (exact) mass is 501 g/mol. The molecule has 3 aromatic rings. The van der Waals surface area contributed by atoms with Gasteiger partial charge in [0.1, 0.15) is 5.82 Å². The first-order valence-corrected chi connectivity index (χ1v) is 11.5. The summed E-state index contributed by atoms with van der Waals surface area (Å²) in [6, 6.07) is 5.87. The van der Waals surface area contributed by atoms with Gasteiger partial charge in [-0.15, -0.1) is 0 Å². The summed E-state index contributed by atoms with van der Waals surface area (Å²) in [6.45, 7) is 0.427. The van der Waals surface area contributed by atoms with Crippen molar-refractivity contribution in [3.05, 3.63) is 71.7 Å². The molecule has 36 heavy (non-hydrogen) atoms. The summed E-state index contributed by atoms with van der Waals surface area (Å²) in [5, 5.41) is 2.89. The summed E-state index contributed by atoms with van der Waals surface area (Å²) in [5.74, 6) is -2.42. The number of carbonyl (C=O) groups excluding carboxylic acids is 1. The SMILES string of the molecule is O=C(c1c(F)cccc1-c1ncccn1)N1CC2(CC2)CC12C[C@@H]2Nc1ncc(C(F)(F)F)cc1F. The third-order valence-corrected chi connectivity index (χ3v) is 7.47. The van der Waals surface area contributed by atoms with Crippen molar-refractivity contribution in [1.29, 1.82) is 0 Å². The van der Waals surface area contributed by atoms with Crippen molar-refractivity contribution in [3.63, 3.8) is 0 Å². The van der Waals surface area contributed by atoms with Gasteiger partial charge in [0.05, 0.1) is 22.7 Å². The molecule has 186 valence electrons. The highest BCUT2D eigenvalue weighted by Gasteiger charge is 2.70. The van der Waals surface area contributed by atoms with E-state index >= 15 is 4.39 Å². The second-order valence-electron chi connectivity index (χ2n) is 9.86. The number of hydrogen-bond donors (Lipinski definition) is 1. The van der Waals surface area contributed by atoms with Gasteiger partial charge in [-0.2, -0.15) is 13.2 Å². The number of nitrogens with zero attached hydrogens (tertiary/aromatic N) is 4.